The molecule has 0 bridgehead atoms. The quantitative estimate of drug-likeness (QED) is 0.815. The molecule has 1 spiro atoms. The first kappa shape index (κ1) is 18.9. The minimum absolute atomic E-state index is 0.164. The van der Waals surface area contributed by atoms with Crippen LogP contribution in [0, 0.1) is 0 Å². The van der Waals surface area contributed by atoms with Gasteiger partial charge in [0.05, 0.1) is 18.6 Å². The Morgan fingerprint density at radius 3 is 2.82 bits per heavy atom. The molecule has 1 aromatic carbocycles. The highest BCUT2D eigenvalue weighted by Crippen LogP contribution is 2.48. The van der Waals surface area contributed by atoms with Gasteiger partial charge in [0.25, 0.3) is 0 Å². The topological polar surface area (TPSA) is 88.6 Å². The lowest BCUT2D eigenvalue weighted by molar-refractivity contribution is -0.129. The average molecular weight is 401 g/mol. The molecule has 1 amide bonds. The molecule has 0 radical (unpaired) electrons. The number of benzene rings is 1. The van der Waals surface area contributed by atoms with Gasteiger partial charge in [-0.15, -0.1) is 0 Å². The van der Waals surface area contributed by atoms with E-state index in [0.29, 0.717) is 38.2 Å². The molecule has 4 rings (SSSR count). The number of hydrogen-bond acceptors (Lipinski definition) is 5. The molecule has 7 nitrogen and oxygen atoms in total. The molecule has 0 aliphatic carbocycles. The van der Waals surface area contributed by atoms with Crippen molar-refractivity contribution in [3.63, 3.8) is 0 Å². The third-order valence-electron chi connectivity index (χ3n) is 5.43. The Hall–Kier alpha value is -2.45. The molecule has 28 heavy (non-hydrogen) atoms. The van der Waals surface area contributed by atoms with Crippen LogP contribution in [0.5, 0.6) is 0 Å². The van der Waals surface area contributed by atoms with E-state index in [-0.39, 0.29) is 5.91 Å². The monoisotopic (exact) mass is 401 g/mol. The third-order valence-corrected chi connectivity index (χ3v) is 6.55. The first-order valence-electron chi connectivity index (χ1n) is 9.26. The van der Waals surface area contributed by atoms with Gasteiger partial charge in [0.1, 0.15) is 6.10 Å². The van der Waals surface area contributed by atoms with Gasteiger partial charge in [0.15, 0.2) is 0 Å². The number of amides is 1. The van der Waals surface area contributed by atoms with Crippen molar-refractivity contribution in [1.82, 2.24) is 10.3 Å². The van der Waals surface area contributed by atoms with Crippen molar-refractivity contribution in [2.75, 3.05) is 30.3 Å². The fourth-order valence-corrected chi connectivity index (χ4v) is 5.05. The molecular weight excluding hydrogens is 378 g/mol. The molecule has 148 valence electrons. The Labute approximate surface area is 164 Å². The number of carbonyl (C=O) groups excluding carboxylic acids is 1. The number of hydrogen-bond donors (Lipinski definition) is 1. The number of sulfonamides is 1. The Morgan fingerprint density at radius 1 is 1.29 bits per heavy atom. The smallest absolute Gasteiger partial charge is 0.249 e. The molecule has 2 atom stereocenters. The van der Waals surface area contributed by atoms with Crippen LogP contribution in [0.25, 0.3) is 0 Å². The predicted molar refractivity (Wildman–Crippen MR) is 106 cm³/mol. The van der Waals surface area contributed by atoms with Crippen molar-refractivity contribution in [2.24, 2.45) is 0 Å². The van der Waals surface area contributed by atoms with Gasteiger partial charge in [-0.1, -0.05) is 24.3 Å². The molecule has 1 N–H and O–H groups in total. The second-order valence-electron chi connectivity index (χ2n) is 7.43. The normalized spacial score (nSPS) is 23.8. The molecule has 2 aliphatic rings. The summed E-state index contributed by atoms with van der Waals surface area (Å²) in [4.78, 5) is 16.8. The van der Waals surface area contributed by atoms with E-state index in [9.17, 15) is 13.2 Å². The number of nitrogens with zero attached hydrogens (tertiary/aromatic N) is 2. The minimum Gasteiger partial charge on any atom is -0.367 e. The van der Waals surface area contributed by atoms with Crippen LogP contribution in [0.2, 0.25) is 0 Å². The summed E-state index contributed by atoms with van der Waals surface area (Å²) in [5.41, 5.74) is 2.05. The van der Waals surface area contributed by atoms with E-state index in [1.165, 1.54) is 10.6 Å². The maximum Gasteiger partial charge on any atom is 0.249 e. The Morgan fingerprint density at radius 2 is 2.07 bits per heavy atom. The van der Waals surface area contributed by atoms with Gasteiger partial charge in [-0.05, 0) is 30.2 Å². The first-order valence-corrected chi connectivity index (χ1v) is 11.1. The van der Waals surface area contributed by atoms with Crippen molar-refractivity contribution in [2.45, 2.75) is 24.4 Å². The average Bonchev–Trinajstić information content (AvgIpc) is 3.26. The van der Waals surface area contributed by atoms with E-state index >= 15 is 0 Å². The van der Waals surface area contributed by atoms with E-state index in [1.54, 1.807) is 6.20 Å². The van der Waals surface area contributed by atoms with Crippen molar-refractivity contribution < 1.29 is 17.9 Å². The van der Waals surface area contributed by atoms with Crippen LogP contribution >= 0.6 is 0 Å². The zero-order chi connectivity index (χ0) is 19.8. The van der Waals surface area contributed by atoms with Gasteiger partial charge in [-0.3, -0.25) is 14.1 Å². The largest absolute Gasteiger partial charge is 0.367 e. The number of carbonyl (C=O) groups is 1. The highest BCUT2D eigenvalue weighted by molar-refractivity contribution is 7.92. The SMILES string of the molecule is CS(=O)(=O)N1C[C@@]2(CO[C@H](C(=O)NCCc3ccccn3)C2)c2ccccc21. The zero-order valence-corrected chi connectivity index (χ0v) is 16.5. The highest BCUT2D eigenvalue weighted by Gasteiger charge is 2.52. The molecule has 1 saturated heterocycles. The summed E-state index contributed by atoms with van der Waals surface area (Å²) in [6.45, 7) is 1.12. The predicted octanol–water partition coefficient (Wildman–Crippen LogP) is 1.25. The fourth-order valence-electron chi connectivity index (χ4n) is 4.05. The van der Waals surface area contributed by atoms with Crippen molar-refractivity contribution in [3.05, 3.63) is 59.9 Å². The molecule has 0 saturated carbocycles. The number of ether oxygens (including phenoxy) is 1. The molecule has 2 aliphatic heterocycles. The van der Waals surface area contributed by atoms with Crippen LogP contribution in [0.1, 0.15) is 17.7 Å². The molecule has 3 heterocycles. The molecule has 1 aromatic heterocycles. The fraction of sp³-hybridized carbons (Fsp3) is 0.400. The van der Waals surface area contributed by atoms with Crippen molar-refractivity contribution in [1.29, 1.82) is 0 Å². The maximum absolute atomic E-state index is 12.6. The number of para-hydroxylation sites is 1. The van der Waals surface area contributed by atoms with Gasteiger partial charge >= 0.3 is 0 Å². The molecule has 1 fully saturated rings. The molecule has 0 unspecified atom stereocenters. The van der Waals surface area contributed by atoms with Crippen LogP contribution < -0.4 is 9.62 Å². The summed E-state index contributed by atoms with van der Waals surface area (Å²) >= 11 is 0. The van der Waals surface area contributed by atoms with Crippen LogP contribution in [-0.4, -0.2) is 51.4 Å². The minimum atomic E-state index is -3.39. The lowest BCUT2D eigenvalue weighted by Gasteiger charge is -2.23. The van der Waals surface area contributed by atoms with Crippen molar-refractivity contribution >= 4 is 21.6 Å². The summed E-state index contributed by atoms with van der Waals surface area (Å²) in [5.74, 6) is -0.164. The first-order chi connectivity index (χ1) is 13.4. The van der Waals surface area contributed by atoms with Crippen LogP contribution in [0.15, 0.2) is 48.7 Å². The number of fused-ring (bicyclic) bond motifs is 2. The van der Waals surface area contributed by atoms with Gasteiger partial charge in [0, 0.05) is 36.8 Å². The summed E-state index contributed by atoms with van der Waals surface area (Å²) in [7, 11) is -3.39. The standard InChI is InChI=1S/C20H23N3O4S/c1-28(25,26)23-13-20(16-7-2-3-8-17(16)23)12-18(27-14-20)19(24)22-11-9-15-6-4-5-10-21-15/h2-8,10,18H,9,11-14H2,1H3,(H,22,24)/t18-,20-/m0/s1. The Kier molecular flexibility index (Phi) is 4.84. The summed E-state index contributed by atoms with van der Waals surface area (Å²) < 4.78 is 31.7. The number of pyridine rings is 1. The lowest BCUT2D eigenvalue weighted by Crippen LogP contribution is -2.39. The van der Waals surface area contributed by atoms with E-state index < -0.39 is 21.5 Å². The highest BCUT2D eigenvalue weighted by atomic mass is 32.2. The molecule has 8 heteroatoms. The number of anilines is 1. The van der Waals surface area contributed by atoms with Gasteiger partial charge in [0.2, 0.25) is 15.9 Å². The Bertz CT molecular complexity index is 980. The lowest BCUT2D eigenvalue weighted by atomic mass is 9.80. The summed E-state index contributed by atoms with van der Waals surface area (Å²) in [6, 6.07) is 13.2. The maximum atomic E-state index is 12.6. The summed E-state index contributed by atoms with van der Waals surface area (Å²) in [5, 5.41) is 2.91. The second kappa shape index (κ2) is 7.18. The second-order valence-corrected chi connectivity index (χ2v) is 9.34. The van der Waals surface area contributed by atoms with Gasteiger partial charge in [-0.2, -0.15) is 0 Å². The number of aromatic nitrogens is 1. The van der Waals surface area contributed by atoms with E-state index in [1.807, 2.05) is 42.5 Å². The van der Waals surface area contributed by atoms with E-state index in [2.05, 4.69) is 10.3 Å². The number of rotatable bonds is 5. The third kappa shape index (κ3) is 3.49. The van der Waals surface area contributed by atoms with Crippen LogP contribution in [0.4, 0.5) is 5.69 Å². The number of nitrogens with one attached hydrogen (secondary N) is 1. The molecule has 2 aromatic rings. The van der Waals surface area contributed by atoms with Crippen LogP contribution in [0.3, 0.4) is 0 Å². The summed E-state index contributed by atoms with van der Waals surface area (Å²) in [6.07, 6.45) is 3.46. The zero-order valence-electron chi connectivity index (χ0n) is 15.7. The van der Waals surface area contributed by atoms with Gasteiger partial charge in [-0.25, -0.2) is 8.42 Å². The van der Waals surface area contributed by atoms with Crippen molar-refractivity contribution in [3.8, 4) is 0 Å². The van der Waals surface area contributed by atoms with Gasteiger partial charge < -0.3 is 10.1 Å². The van der Waals surface area contributed by atoms with Crippen LogP contribution in [-0.2, 0) is 31.4 Å². The Balaban J connectivity index is 1.44. The molecular formula is C20H23N3O4S. The van der Waals surface area contributed by atoms with E-state index in [0.717, 1.165) is 11.3 Å². The van der Waals surface area contributed by atoms with E-state index in [4.69, 9.17) is 4.74 Å².